The first-order valence-electron chi connectivity index (χ1n) is 4.08. The van der Waals surface area contributed by atoms with Crippen LogP contribution in [-0.2, 0) is 7.05 Å². The Morgan fingerprint density at radius 3 is 2.71 bits per heavy atom. The zero-order valence-electron chi connectivity index (χ0n) is 7.58. The van der Waals surface area contributed by atoms with Crippen LogP contribution in [0.1, 0.15) is 10.5 Å². The van der Waals surface area contributed by atoms with Crippen LogP contribution < -0.4 is 0 Å². The number of carbonyl (C=O) groups excluding carboxylic acids is 1. The van der Waals surface area contributed by atoms with Crippen molar-refractivity contribution in [2.45, 2.75) is 0 Å². The Bertz CT molecular complexity index is 449. The van der Waals surface area contributed by atoms with Crippen LogP contribution in [0.2, 0.25) is 0 Å². The van der Waals surface area contributed by atoms with Crippen molar-refractivity contribution in [3.8, 4) is 11.3 Å². The van der Waals surface area contributed by atoms with Gasteiger partial charge < -0.3 is 0 Å². The molecule has 70 valence electrons. The van der Waals surface area contributed by atoms with E-state index in [1.54, 1.807) is 24.1 Å². The van der Waals surface area contributed by atoms with Crippen molar-refractivity contribution < 1.29 is 4.79 Å². The van der Waals surface area contributed by atoms with Crippen molar-refractivity contribution >= 4 is 6.29 Å². The Labute approximate surface area is 80.4 Å². The van der Waals surface area contributed by atoms with E-state index in [1.165, 1.54) is 0 Å². The van der Waals surface area contributed by atoms with Crippen molar-refractivity contribution in [2.75, 3.05) is 0 Å². The Balaban J connectivity index is 2.61. The minimum Gasteiger partial charge on any atom is -0.296 e. The molecule has 0 aliphatic carbocycles. The van der Waals surface area contributed by atoms with Crippen LogP contribution in [0.4, 0.5) is 0 Å². The van der Waals surface area contributed by atoms with Crippen LogP contribution in [0, 0.1) is 0 Å². The van der Waals surface area contributed by atoms with Gasteiger partial charge in [-0.2, -0.15) is 0 Å². The fourth-order valence-electron chi connectivity index (χ4n) is 1.30. The molecule has 0 N–H and O–H groups in total. The molecular weight excluding hydrogens is 180 g/mol. The number of rotatable bonds is 2. The minimum absolute atomic E-state index is 0.346. The molecule has 5 heteroatoms. The SMILES string of the molecule is Cn1nnc(C=O)c1-c1ccncc1. The van der Waals surface area contributed by atoms with Crippen molar-refractivity contribution in [3.63, 3.8) is 0 Å². The first kappa shape index (κ1) is 8.55. The average molecular weight is 188 g/mol. The highest BCUT2D eigenvalue weighted by atomic mass is 16.1. The zero-order valence-corrected chi connectivity index (χ0v) is 7.58. The summed E-state index contributed by atoms with van der Waals surface area (Å²) in [7, 11) is 1.75. The second-order valence-electron chi connectivity index (χ2n) is 2.80. The third-order valence-electron chi connectivity index (χ3n) is 1.92. The van der Waals surface area contributed by atoms with Gasteiger partial charge in [-0.25, -0.2) is 4.68 Å². The van der Waals surface area contributed by atoms with Gasteiger partial charge >= 0.3 is 0 Å². The van der Waals surface area contributed by atoms with Crippen LogP contribution in [0.3, 0.4) is 0 Å². The molecule has 5 nitrogen and oxygen atoms in total. The molecular formula is C9H8N4O. The molecule has 0 atom stereocenters. The normalized spacial score (nSPS) is 10.1. The van der Waals surface area contributed by atoms with Crippen molar-refractivity contribution in [3.05, 3.63) is 30.2 Å². The van der Waals surface area contributed by atoms with Crippen LogP contribution in [0.5, 0.6) is 0 Å². The van der Waals surface area contributed by atoms with Crippen LogP contribution >= 0.6 is 0 Å². The number of hydrogen-bond acceptors (Lipinski definition) is 4. The van der Waals surface area contributed by atoms with Gasteiger partial charge in [0, 0.05) is 25.0 Å². The summed E-state index contributed by atoms with van der Waals surface area (Å²) in [5.74, 6) is 0. The topological polar surface area (TPSA) is 60.7 Å². The van der Waals surface area contributed by atoms with E-state index in [1.807, 2.05) is 12.1 Å². The summed E-state index contributed by atoms with van der Waals surface area (Å²) < 4.78 is 1.57. The summed E-state index contributed by atoms with van der Waals surface area (Å²) in [5, 5.41) is 7.51. The summed E-state index contributed by atoms with van der Waals surface area (Å²) in [6.07, 6.45) is 4.02. The third kappa shape index (κ3) is 1.28. The lowest BCUT2D eigenvalue weighted by Crippen LogP contribution is -1.95. The van der Waals surface area contributed by atoms with Gasteiger partial charge in [0.15, 0.2) is 12.0 Å². The fraction of sp³-hybridized carbons (Fsp3) is 0.111. The van der Waals surface area contributed by atoms with E-state index in [0.717, 1.165) is 5.56 Å². The summed E-state index contributed by atoms with van der Waals surface area (Å²) in [5.41, 5.74) is 1.94. The molecule has 0 spiro atoms. The smallest absolute Gasteiger partial charge is 0.172 e. The van der Waals surface area contributed by atoms with Crippen LogP contribution in [0.15, 0.2) is 24.5 Å². The number of pyridine rings is 1. The number of aromatic nitrogens is 4. The van der Waals surface area contributed by atoms with Crippen molar-refractivity contribution in [1.82, 2.24) is 20.0 Å². The van der Waals surface area contributed by atoms with Gasteiger partial charge in [0.25, 0.3) is 0 Å². The maximum Gasteiger partial charge on any atom is 0.172 e. The molecule has 0 amide bonds. The van der Waals surface area contributed by atoms with E-state index in [9.17, 15) is 4.79 Å². The fourth-order valence-corrected chi connectivity index (χ4v) is 1.30. The van der Waals surface area contributed by atoms with Crippen LogP contribution in [-0.4, -0.2) is 26.3 Å². The molecule has 0 aliphatic heterocycles. The van der Waals surface area contributed by atoms with Gasteiger partial charge in [-0.15, -0.1) is 5.10 Å². The lowest BCUT2D eigenvalue weighted by molar-refractivity contribution is 0.111. The van der Waals surface area contributed by atoms with E-state index in [0.29, 0.717) is 17.7 Å². The van der Waals surface area contributed by atoms with Gasteiger partial charge in [-0.1, -0.05) is 5.21 Å². The maximum absolute atomic E-state index is 10.7. The largest absolute Gasteiger partial charge is 0.296 e. The molecule has 0 radical (unpaired) electrons. The highest BCUT2D eigenvalue weighted by molar-refractivity contribution is 5.82. The second-order valence-corrected chi connectivity index (χ2v) is 2.80. The molecule has 14 heavy (non-hydrogen) atoms. The second kappa shape index (κ2) is 3.37. The summed E-state index contributed by atoms with van der Waals surface area (Å²) in [6.45, 7) is 0. The molecule has 0 unspecified atom stereocenters. The van der Waals surface area contributed by atoms with E-state index < -0.39 is 0 Å². The van der Waals surface area contributed by atoms with Gasteiger partial charge in [0.05, 0.1) is 5.69 Å². The quantitative estimate of drug-likeness (QED) is 0.650. The van der Waals surface area contributed by atoms with Crippen molar-refractivity contribution in [1.29, 1.82) is 0 Å². The molecule has 0 bridgehead atoms. The lowest BCUT2D eigenvalue weighted by Gasteiger charge is -1.99. The van der Waals surface area contributed by atoms with Gasteiger partial charge in [-0.05, 0) is 12.1 Å². The molecule has 0 fully saturated rings. The van der Waals surface area contributed by atoms with Crippen LogP contribution in [0.25, 0.3) is 11.3 Å². The number of nitrogens with zero attached hydrogens (tertiary/aromatic N) is 4. The van der Waals surface area contributed by atoms with E-state index >= 15 is 0 Å². The Morgan fingerprint density at radius 1 is 1.36 bits per heavy atom. The first-order chi connectivity index (χ1) is 6.83. The molecule has 0 saturated carbocycles. The maximum atomic E-state index is 10.7. The third-order valence-corrected chi connectivity index (χ3v) is 1.92. The average Bonchev–Trinajstić information content (AvgIpc) is 2.61. The molecule has 2 aromatic rings. The molecule has 0 aliphatic rings. The van der Waals surface area contributed by atoms with E-state index in [-0.39, 0.29) is 0 Å². The molecule has 0 aromatic carbocycles. The molecule has 0 saturated heterocycles. The van der Waals surface area contributed by atoms with Gasteiger partial charge in [-0.3, -0.25) is 9.78 Å². The summed E-state index contributed by atoms with van der Waals surface area (Å²) >= 11 is 0. The predicted octanol–water partition coefficient (Wildman–Crippen LogP) is 0.690. The Kier molecular flexibility index (Phi) is 2.06. The number of hydrogen-bond donors (Lipinski definition) is 0. The molecule has 2 heterocycles. The number of aldehydes is 1. The highest BCUT2D eigenvalue weighted by Crippen LogP contribution is 2.18. The predicted molar refractivity (Wildman–Crippen MR) is 49.6 cm³/mol. The summed E-state index contributed by atoms with van der Waals surface area (Å²) in [6, 6.07) is 3.62. The number of aryl methyl sites for hydroxylation is 1. The highest BCUT2D eigenvalue weighted by Gasteiger charge is 2.10. The minimum atomic E-state index is 0.346. The van der Waals surface area contributed by atoms with E-state index in [4.69, 9.17) is 0 Å². The first-order valence-corrected chi connectivity index (χ1v) is 4.08. The Hall–Kier alpha value is -2.04. The molecule has 2 aromatic heterocycles. The lowest BCUT2D eigenvalue weighted by atomic mass is 10.1. The summed E-state index contributed by atoms with van der Waals surface area (Å²) in [4.78, 5) is 14.6. The van der Waals surface area contributed by atoms with E-state index in [2.05, 4.69) is 15.3 Å². The van der Waals surface area contributed by atoms with Gasteiger partial charge in [0.2, 0.25) is 0 Å². The molecule has 2 rings (SSSR count). The Morgan fingerprint density at radius 2 is 2.07 bits per heavy atom. The van der Waals surface area contributed by atoms with Crippen molar-refractivity contribution in [2.24, 2.45) is 7.05 Å². The monoisotopic (exact) mass is 188 g/mol. The zero-order chi connectivity index (χ0) is 9.97. The standard InChI is InChI=1S/C9H8N4O/c1-13-9(8(6-14)11-12-13)7-2-4-10-5-3-7/h2-6H,1H3. The number of carbonyl (C=O) groups is 1. The van der Waals surface area contributed by atoms with Gasteiger partial charge in [0.1, 0.15) is 0 Å².